The van der Waals surface area contributed by atoms with Gasteiger partial charge >= 0.3 is 0 Å². The smallest absolute Gasteiger partial charge is 0.167 e. The molecule has 270 valence electrons. The molecule has 1 saturated carbocycles. The second kappa shape index (κ2) is 13.3. The molecule has 0 bridgehead atoms. The van der Waals surface area contributed by atoms with Crippen LogP contribution in [0.1, 0.15) is 48.8 Å². The van der Waals surface area contributed by atoms with Gasteiger partial charge in [0.25, 0.3) is 0 Å². The molecule has 57 heavy (non-hydrogen) atoms. The summed E-state index contributed by atoms with van der Waals surface area (Å²) in [7, 11) is 0. The Hall–Kier alpha value is -7.16. The van der Waals surface area contributed by atoms with Crippen LogP contribution in [0.25, 0.3) is 89.5 Å². The molecule has 0 unspecified atom stereocenters. The number of hydrogen-bond acceptors (Lipinski definition) is 5. The van der Waals surface area contributed by atoms with Gasteiger partial charge in [-0.15, -0.1) is 0 Å². The first-order chi connectivity index (χ1) is 28.1. The Labute approximate surface area is 331 Å². The van der Waals surface area contributed by atoms with E-state index in [1.807, 2.05) is 66.7 Å². The van der Waals surface area contributed by atoms with Crippen molar-refractivity contribution in [1.82, 2.24) is 15.0 Å². The van der Waals surface area contributed by atoms with Gasteiger partial charge in [-0.3, -0.25) is 0 Å². The summed E-state index contributed by atoms with van der Waals surface area (Å²) in [5, 5.41) is 11.8. The van der Waals surface area contributed by atoms with Gasteiger partial charge in [0.2, 0.25) is 0 Å². The number of nitrogens with zero attached hydrogens (tertiary/aromatic N) is 4. The van der Waals surface area contributed by atoms with Crippen LogP contribution in [-0.2, 0) is 5.41 Å². The fraction of sp³-hybridized carbons (Fsp3) is 0.115. The number of nitriles is 1. The van der Waals surface area contributed by atoms with Crippen molar-refractivity contribution in [2.24, 2.45) is 0 Å². The van der Waals surface area contributed by atoms with Gasteiger partial charge < -0.3 is 4.42 Å². The lowest BCUT2D eigenvalue weighted by Crippen LogP contribution is -2.28. The average molecular weight is 733 g/mol. The normalized spacial score (nSPS) is 14.1. The third-order valence-corrected chi connectivity index (χ3v) is 12.2. The second-order valence-electron chi connectivity index (χ2n) is 15.4. The summed E-state index contributed by atoms with van der Waals surface area (Å²) in [6, 6.07) is 57.3. The highest BCUT2D eigenvalue weighted by atomic mass is 16.3. The molecule has 5 nitrogen and oxygen atoms in total. The number of hydrogen-bond donors (Lipinski definition) is 0. The molecule has 0 atom stereocenters. The minimum Gasteiger partial charge on any atom is -0.455 e. The summed E-state index contributed by atoms with van der Waals surface area (Å²) < 4.78 is 6.40. The minimum absolute atomic E-state index is 0.0220. The first-order valence-corrected chi connectivity index (χ1v) is 19.8. The van der Waals surface area contributed by atoms with E-state index >= 15 is 0 Å². The molecule has 2 aliphatic rings. The van der Waals surface area contributed by atoms with Gasteiger partial charge in [0, 0.05) is 27.3 Å². The van der Waals surface area contributed by atoms with Gasteiger partial charge in [-0.2, -0.15) is 5.26 Å². The number of rotatable bonds is 5. The number of furan rings is 1. The molecule has 0 saturated heterocycles. The highest BCUT2D eigenvalue weighted by Gasteiger charge is 2.44. The maximum atomic E-state index is 9.70. The predicted molar refractivity (Wildman–Crippen MR) is 228 cm³/mol. The monoisotopic (exact) mass is 732 g/mol. The van der Waals surface area contributed by atoms with Crippen LogP contribution in [0.15, 0.2) is 162 Å². The topological polar surface area (TPSA) is 75.6 Å². The minimum atomic E-state index is 0.0220. The molecule has 11 rings (SSSR count). The van der Waals surface area contributed by atoms with Gasteiger partial charge in [0.05, 0.1) is 17.2 Å². The Balaban J connectivity index is 0.958. The Bertz CT molecular complexity index is 3060. The van der Waals surface area contributed by atoms with Crippen molar-refractivity contribution in [2.75, 3.05) is 0 Å². The molecule has 1 fully saturated rings. The maximum Gasteiger partial charge on any atom is 0.167 e. The van der Waals surface area contributed by atoms with Crippen molar-refractivity contribution in [2.45, 2.75) is 37.5 Å². The molecule has 0 radical (unpaired) electrons. The Morgan fingerprint density at radius 2 is 1.09 bits per heavy atom. The zero-order valence-corrected chi connectivity index (χ0v) is 31.2. The summed E-state index contributed by atoms with van der Waals surface area (Å²) in [6.45, 7) is 0. The lowest BCUT2D eigenvalue weighted by Gasteiger charge is -2.36. The van der Waals surface area contributed by atoms with Crippen LogP contribution in [0.2, 0.25) is 0 Å². The number of aromatic nitrogens is 3. The molecule has 2 aromatic heterocycles. The third-order valence-electron chi connectivity index (χ3n) is 12.2. The number of benzene rings is 7. The third kappa shape index (κ3) is 5.48. The largest absolute Gasteiger partial charge is 0.455 e. The van der Waals surface area contributed by atoms with Crippen molar-refractivity contribution < 1.29 is 4.42 Å². The van der Waals surface area contributed by atoms with Gasteiger partial charge in [-0.25, -0.2) is 15.0 Å². The fourth-order valence-corrected chi connectivity index (χ4v) is 9.40. The molecule has 0 aliphatic heterocycles. The zero-order chi connectivity index (χ0) is 37.9. The van der Waals surface area contributed by atoms with Gasteiger partial charge in [0.15, 0.2) is 17.5 Å². The summed E-state index contributed by atoms with van der Waals surface area (Å²) >= 11 is 0. The molecule has 2 aliphatic carbocycles. The van der Waals surface area contributed by atoms with Crippen LogP contribution in [0, 0.1) is 11.3 Å². The molecular formula is C52H36N4O. The summed E-state index contributed by atoms with van der Waals surface area (Å²) in [6.07, 6.45) is 6.04. The summed E-state index contributed by atoms with van der Waals surface area (Å²) in [4.78, 5) is 15.1. The van der Waals surface area contributed by atoms with Crippen LogP contribution in [0.4, 0.5) is 0 Å². The van der Waals surface area contributed by atoms with Crippen molar-refractivity contribution >= 4 is 21.9 Å². The average Bonchev–Trinajstić information content (AvgIpc) is 3.79. The van der Waals surface area contributed by atoms with Crippen LogP contribution < -0.4 is 0 Å². The molecule has 9 aromatic rings. The summed E-state index contributed by atoms with van der Waals surface area (Å²) in [5.41, 5.74) is 15.0. The van der Waals surface area contributed by atoms with Crippen molar-refractivity contribution in [1.29, 1.82) is 5.26 Å². The molecule has 5 heteroatoms. The molecular weight excluding hydrogens is 697 g/mol. The van der Waals surface area contributed by atoms with E-state index in [9.17, 15) is 5.26 Å². The highest BCUT2D eigenvalue weighted by Crippen LogP contribution is 2.56. The van der Waals surface area contributed by atoms with E-state index in [1.165, 1.54) is 52.6 Å². The molecule has 0 amide bonds. The molecule has 7 aromatic carbocycles. The van der Waals surface area contributed by atoms with Crippen molar-refractivity contribution in [3.05, 3.63) is 174 Å². The van der Waals surface area contributed by atoms with E-state index in [2.05, 4.69) is 97.1 Å². The van der Waals surface area contributed by atoms with Crippen LogP contribution in [0.3, 0.4) is 0 Å². The zero-order valence-electron chi connectivity index (χ0n) is 31.2. The van der Waals surface area contributed by atoms with Gasteiger partial charge in [0.1, 0.15) is 11.2 Å². The van der Waals surface area contributed by atoms with Crippen LogP contribution >= 0.6 is 0 Å². The number of para-hydroxylation sites is 2. The Morgan fingerprint density at radius 1 is 0.456 bits per heavy atom. The van der Waals surface area contributed by atoms with E-state index in [4.69, 9.17) is 19.4 Å². The van der Waals surface area contributed by atoms with E-state index in [0.29, 0.717) is 17.5 Å². The lowest BCUT2D eigenvalue weighted by atomic mass is 9.67. The van der Waals surface area contributed by atoms with Crippen LogP contribution in [-0.4, -0.2) is 15.0 Å². The van der Waals surface area contributed by atoms with E-state index in [1.54, 1.807) is 0 Å². The maximum absolute atomic E-state index is 9.70. The lowest BCUT2D eigenvalue weighted by molar-refractivity contribution is 0.353. The molecule has 0 N–H and O–H groups in total. The first kappa shape index (κ1) is 33.2. The quantitative estimate of drug-likeness (QED) is 0.176. The predicted octanol–water partition coefficient (Wildman–Crippen LogP) is 13.2. The standard InChI is InChI=1S/C52H36N4O/c53-32-33-19-26-45-44(29-33)40-25-24-39(31-46(40)52(45)27-7-2-8-28-52)38-14-9-13-37(30-38)34-20-22-36(23-21-34)50-54-49(35-11-3-1-4-12-35)55-51(56-50)43-17-10-16-42-41-15-5-6-18-47(41)57-48(42)43/h1,3-6,9-26,29-31H,2,7-8,27-28H2. The second-order valence-corrected chi connectivity index (χ2v) is 15.4. The number of fused-ring (bicyclic) bond motifs is 8. The Kier molecular flexibility index (Phi) is 7.72. The van der Waals surface area contributed by atoms with Gasteiger partial charge in [-0.05, 0) is 93.7 Å². The molecule has 2 heterocycles. The van der Waals surface area contributed by atoms with E-state index in [0.717, 1.165) is 68.2 Å². The van der Waals surface area contributed by atoms with Crippen LogP contribution in [0.5, 0.6) is 0 Å². The van der Waals surface area contributed by atoms with Crippen molar-refractivity contribution in [3.8, 4) is 73.6 Å². The Morgan fingerprint density at radius 3 is 1.89 bits per heavy atom. The summed E-state index contributed by atoms with van der Waals surface area (Å²) in [5.74, 6) is 1.78. The fourth-order valence-electron chi connectivity index (χ4n) is 9.40. The van der Waals surface area contributed by atoms with Crippen molar-refractivity contribution in [3.63, 3.8) is 0 Å². The SMILES string of the molecule is N#Cc1ccc2c(c1)-c1ccc(-c3cccc(-c4ccc(-c5nc(-c6ccccc6)nc(-c6cccc7c6oc6ccccc67)n5)cc4)c3)cc1C21CCCCC1. The van der Waals surface area contributed by atoms with E-state index < -0.39 is 0 Å². The first-order valence-electron chi connectivity index (χ1n) is 19.8. The van der Waals surface area contributed by atoms with Gasteiger partial charge in [-0.1, -0.05) is 141 Å². The molecule has 1 spiro atoms. The highest BCUT2D eigenvalue weighted by molar-refractivity contribution is 6.09. The van der Waals surface area contributed by atoms with E-state index in [-0.39, 0.29) is 5.41 Å².